The van der Waals surface area contributed by atoms with E-state index in [-0.39, 0.29) is 5.91 Å². The van der Waals surface area contributed by atoms with Gasteiger partial charge in [-0.3, -0.25) is 9.48 Å². The van der Waals surface area contributed by atoms with E-state index in [1.54, 1.807) is 30.8 Å². The molecule has 2 rings (SSSR count). The van der Waals surface area contributed by atoms with Gasteiger partial charge in [0.25, 0.3) is 0 Å². The number of methoxy groups -OCH3 is 1. The Bertz CT molecular complexity index is 727. The Kier molecular flexibility index (Phi) is 5.15. The van der Waals surface area contributed by atoms with E-state index in [9.17, 15) is 4.79 Å². The Hall–Kier alpha value is -2.21. The zero-order chi connectivity index (χ0) is 17.1. The number of nitrogens with one attached hydrogen (secondary N) is 2. The van der Waals surface area contributed by atoms with E-state index in [0.29, 0.717) is 10.8 Å². The van der Waals surface area contributed by atoms with Crippen molar-refractivity contribution in [1.82, 2.24) is 9.78 Å². The summed E-state index contributed by atoms with van der Waals surface area (Å²) >= 11 is 6.09. The van der Waals surface area contributed by atoms with Crippen molar-refractivity contribution in [3.63, 3.8) is 0 Å². The average molecular weight is 337 g/mol. The molecule has 0 radical (unpaired) electrons. The van der Waals surface area contributed by atoms with Crippen LogP contribution in [-0.2, 0) is 11.8 Å². The summed E-state index contributed by atoms with van der Waals surface area (Å²) in [6.45, 7) is 5.56. The molecule has 0 bridgehead atoms. The van der Waals surface area contributed by atoms with E-state index in [0.717, 1.165) is 22.8 Å². The first-order valence-corrected chi connectivity index (χ1v) is 7.62. The van der Waals surface area contributed by atoms with Crippen LogP contribution in [0.25, 0.3) is 0 Å². The molecule has 1 aromatic carbocycles. The summed E-state index contributed by atoms with van der Waals surface area (Å²) in [5.74, 6) is 0.451. The van der Waals surface area contributed by atoms with Gasteiger partial charge < -0.3 is 15.4 Å². The lowest BCUT2D eigenvalue weighted by Gasteiger charge is -2.16. The Morgan fingerprint density at radius 1 is 1.39 bits per heavy atom. The van der Waals surface area contributed by atoms with Crippen LogP contribution in [0.1, 0.15) is 18.3 Å². The molecule has 2 aromatic rings. The molecule has 1 unspecified atom stereocenters. The second-order valence-corrected chi connectivity index (χ2v) is 5.78. The average Bonchev–Trinajstić information content (AvgIpc) is 2.73. The molecular formula is C16H21ClN4O2. The van der Waals surface area contributed by atoms with Crippen LogP contribution in [-0.4, -0.2) is 28.8 Å². The minimum atomic E-state index is -0.432. The fraction of sp³-hybridized carbons (Fsp3) is 0.375. The van der Waals surface area contributed by atoms with Crippen LogP contribution in [0.3, 0.4) is 0 Å². The summed E-state index contributed by atoms with van der Waals surface area (Å²) in [6, 6.07) is 4.86. The largest absolute Gasteiger partial charge is 0.495 e. The molecule has 1 amide bonds. The minimum Gasteiger partial charge on any atom is -0.495 e. The molecule has 1 aromatic heterocycles. The fourth-order valence-corrected chi connectivity index (χ4v) is 2.52. The van der Waals surface area contributed by atoms with E-state index in [4.69, 9.17) is 16.3 Å². The van der Waals surface area contributed by atoms with Gasteiger partial charge >= 0.3 is 0 Å². The molecule has 0 aliphatic rings. The number of aromatic nitrogens is 2. The number of carbonyl (C=O) groups excluding carboxylic acids is 1. The van der Waals surface area contributed by atoms with Crippen molar-refractivity contribution in [2.75, 3.05) is 17.7 Å². The summed E-state index contributed by atoms with van der Waals surface area (Å²) in [7, 11) is 3.40. The highest BCUT2D eigenvalue weighted by molar-refractivity contribution is 6.32. The number of nitrogens with zero attached hydrogens (tertiary/aromatic N) is 2. The van der Waals surface area contributed by atoms with E-state index in [2.05, 4.69) is 15.7 Å². The zero-order valence-electron chi connectivity index (χ0n) is 13.9. The molecule has 7 heteroatoms. The number of hydrogen-bond acceptors (Lipinski definition) is 4. The normalized spacial score (nSPS) is 11.9. The van der Waals surface area contributed by atoms with Crippen molar-refractivity contribution >= 4 is 28.9 Å². The topological polar surface area (TPSA) is 68.2 Å². The summed E-state index contributed by atoms with van der Waals surface area (Å²) in [4.78, 5) is 12.4. The number of carbonyl (C=O) groups is 1. The number of aryl methyl sites for hydroxylation is 2. The lowest BCUT2D eigenvalue weighted by atomic mass is 10.2. The molecule has 23 heavy (non-hydrogen) atoms. The maximum atomic E-state index is 12.4. The lowest BCUT2D eigenvalue weighted by Crippen LogP contribution is -2.32. The van der Waals surface area contributed by atoms with Gasteiger partial charge in [-0.25, -0.2) is 0 Å². The van der Waals surface area contributed by atoms with Crippen molar-refractivity contribution in [1.29, 1.82) is 0 Å². The number of hydrogen-bond donors (Lipinski definition) is 2. The van der Waals surface area contributed by atoms with Crippen molar-refractivity contribution in [3.05, 3.63) is 34.6 Å². The van der Waals surface area contributed by atoms with E-state index in [1.807, 2.05) is 27.0 Å². The number of halogens is 1. The van der Waals surface area contributed by atoms with Gasteiger partial charge in [-0.1, -0.05) is 11.6 Å². The number of ether oxygens (including phenoxy) is 1. The van der Waals surface area contributed by atoms with E-state index >= 15 is 0 Å². The van der Waals surface area contributed by atoms with E-state index < -0.39 is 6.04 Å². The summed E-state index contributed by atoms with van der Waals surface area (Å²) in [6.07, 6.45) is 0. The Balaban J connectivity index is 2.07. The maximum Gasteiger partial charge on any atom is 0.246 e. The van der Waals surface area contributed by atoms with Crippen molar-refractivity contribution in [3.8, 4) is 5.75 Å². The second-order valence-electron chi connectivity index (χ2n) is 5.37. The lowest BCUT2D eigenvalue weighted by molar-refractivity contribution is -0.116. The Morgan fingerprint density at radius 3 is 2.61 bits per heavy atom. The van der Waals surface area contributed by atoms with Crippen molar-refractivity contribution < 1.29 is 9.53 Å². The summed E-state index contributed by atoms with van der Waals surface area (Å²) < 4.78 is 6.85. The first-order valence-electron chi connectivity index (χ1n) is 7.24. The number of benzene rings is 1. The van der Waals surface area contributed by atoms with Crippen molar-refractivity contribution in [2.45, 2.75) is 26.8 Å². The molecule has 0 aliphatic heterocycles. The van der Waals surface area contributed by atoms with Crippen LogP contribution in [0.4, 0.5) is 11.4 Å². The molecule has 1 heterocycles. The Labute approximate surface area is 140 Å². The maximum absolute atomic E-state index is 12.4. The first-order chi connectivity index (χ1) is 10.8. The quantitative estimate of drug-likeness (QED) is 0.880. The van der Waals surface area contributed by atoms with Crippen LogP contribution in [0, 0.1) is 13.8 Å². The number of rotatable bonds is 5. The number of anilines is 2. The van der Waals surface area contributed by atoms with Crippen LogP contribution < -0.4 is 15.4 Å². The first kappa shape index (κ1) is 17.1. The van der Waals surface area contributed by atoms with Gasteiger partial charge in [0.05, 0.1) is 29.2 Å². The Morgan fingerprint density at radius 2 is 2.09 bits per heavy atom. The molecule has 124 valence electrons. The van der Waals surface area contributed by atoms with Gasteiger partial charge in [0.2, 0.25) is 5.91 Å². The molecule has 0 aliphatic carbocycles. The highest BCUT2D eigenvalue weighted by Crippen LogP contribution is 2.27. The molecule has 1 atom stereocenters. The van der Waals surface area contributed by atoms with Crippen LogP contribution in [0.2, 0.25) is 5.02 Å². The highest BCUT2D eigenvalue weighted by Gasteiger charge is 2.17. The number of amides is 1. The second kappa shape index (κ2) is 6.91. The van der Waals surface area contributed by atoms with E-state index in [1.165, 1.54) is 0 Å². The molecular weight excluding hydrogens is 316 g/mol. The molecule has 6 nitrogen and oxygen atoms in total. The molecule has 0 saturated heterocycles. The van der Waals surface area contributed by atoms with Gasteiger partial charge in [-0.2, -0.15) is 5.10 Å². The molecule has 0 saturated carbocycles. The summed E-state index contributed by atoms with van der Waals surface area (Å²) in [5, 5.41) is 10.8. The van der Waals surface area contributed by atoms with Crippen LogP contribution in [0.15, 0.2) is 18.2 Å². The third kappa shape index (κ3) is 3.76. The predicted molar refractivity (Wildman–Crippen MR) is 92.4 cm³/mol. The van der Waals surface area contributed by atoms with Gasteiger partial charge in [-0.15, -0.1) is 0 Å². The SMILES string of the molecule is COc1ccc(NC(C)C(=O)Nc2c(C)nn(C)c2C)cc1Cl. The molecule has 0 fully saturated rings. The minimum absolute atomic E-state index is 0.142. The highest BCUT2D eigenvalue weighted by atomic mass is 35.5. The third-order valence-electron chi connectivity index (χ3n) is 3.69. The molecule has 0 spiro atoms. The molecule has 2 N–H and O–H groups in total. The van der Waals surface area contributed by atoms with Gasteiger partial charge in [-0.05, 0) is 39.0 Å². The smallest absolute Gasteiger partial charge is 0.246 e. The standard InChI is InChI=1S/C16H21ClN4O2/c1-9-15(11(3)21(4)20-9)19-16(22)10(2)18-12-6-7-14(23-5)13(17)8-12/h6-8,10,18H,1-5H3,(H,19,22). The van der Waals surface area contributed by atoms with Gasteiger partial charge in [0.15, 0.2) is 0 Å². The van der Waals surface area contributed by atoms with Gasteiger partial charge in [0.1, 0.15) is 11.8 Å². The monoisotopic (exact) mass is 336 g/mol. The van der Waals surface area contributed by atoms with Crippen molar-refractivity contribution in [2.24, 2.45) is 7.05 Å². The van der Waals surface area contributed by atoms with Gasteiger partial charge in [0, 0.05) is 12.7 Å². The van der Waals surface area contributed by atoms with Crippen LogP contribution >= 0.6 is 11.6 Å². The fourth-order valence-electron chi connectivity index (χ4n) is 2.26. The predicted octanol–water partition coefficient (Wildman–Crippen LogP) is 3.14. The van der Waals surface area contributed by atoms with Crippen LogP contribution in [0.5, 0.6) is 5.75 Å². The zero-order valence-corrected chi connectivity index (χ0v) is 14.7. The summed E-state index contributed by atoms with van der Waals surface area (Å²) in [5.41, 5.74) is 3.20. The third-order valence-corrected chi connectivity index (χ3v) is 3.98.